The molecule has 0 saturated carbocycles. The van der Waals surface area contributed by atoms with E-state index < -0.39 is 11.9 Å². The average molecular weight is 286 g/mol. The van der Waals surface area contributed by atoms with E-state index in [0.717, 1.165) is 5.56 Å². The van der Waals surface area contributed by atoms with Gasteiger partial charge < -0.3 is 14.6 Å². The zero-order chi connectivity index (χ0) is 15.4. The van der Waals surface area contributed by atoms with Crippen molar-refractivity contribution in [1.29, 1.82) is 0 Å². The summed E-state index contributed by atoms with van der Waals surface area (Å²) in [4.78, 5) is 12.2. The first-order valence-corrected chi connectivity index (χ1v) is 6.58. The van der Waals surface area contributed by atoms with Gasteiger partial charge in [0.15, 0.2) is 0 Å². The van der Waals surface area contributed by atoms with Crippen molar-refractivity contribution in [2.45, 2.75) is 12.8 Å². The number of benzene rings is 2. The fraction of sp³-hybridized carbons (Fsp3) is 0.235. The van der Waals surface area contributed by atoms with Crippen LogP contribution in [0.4, 0.5) is 0 Å². The first-order valence-electron chi connectivity index (χ1n) is 6.58. The van der Waals surface area contributed by atoms with Gasteiger partial charge in [0.25, 0.3) is 0 Å². The van der Waals surface area contributed by atoms with Crippen LogP contribution in [0.3, 0.4) is 0 Å². The molecule has 1 atom stereocenters. The molecule has 4 nitrogen and oxygen atoms in total. The van der Waals surface area contributed by atoms with Gasteiger partial charge in [-0.1, -0.05) is 29.8 Å². The van der Waals surface area contributed by atoms with Crippen molar-refractivity contribution < 1.29 is 19.4 Å². The molecule has 0 radical (unpaired) electrons. The Kier molecular flexibility index (Phi) is 4.48. The van der Waals surface area contributed by atoms with Gasteiger partial charge >= 0.3 is 5.97 Å². The summed E-state index contributed by atoms with van der Waals surface area (Å²) in [6.07, 6.45) is 0. The fourth-order valence-corrected chi connectivity index (χ4v) is 2.29. The highest BCUT2D eigenvalue weighted by atomic mass is 16.5. The lowest BCUT2D eigenvalue weighted by Gasteiger charge is -2.18. The van der Waals surface area contributed by atoms with E-state index in [1.165, 1.54) is 7.11 Å². The van der Waals surface area contributed by atoms with E-state index in [0.29, 0.717) is 16.9 Å². The van der Waals surface area contributed by atoms with E-state index in [4.69, 9.17) is 9.47 Å². The predicted octanol–water partition coefficient (Wildman–Crippen LogP) is 3.01. The van der Waals surface area contributed by atoms with Crippen LogP contribution in [0.5, 0.6) is 11.5 Å². The van der Waals surface area contributed by atoms with Crippen LogP contribution in [0.1, 0.15) is 22.6 Å². The molecule has 21 heavy (non-hydrogen) atoms. The summed E-state index contributed by atoms with van der Waals surface area (Å²) in [5.74, 6) is -0.401. The third-order valence-corrected chi connectivity index (χ3v) is 3.36. The number of carbonyl (C=O) groups excluding carboxylic acids is 1. The maximum atomic E-state index is 12.2. The van der Waals surface area contributed by atoms with E-state index in [2.05, 4.69) is 0 Å². The lowest BCUT2D eigenvalue weighted by atomic mass is 9.89. The zero-order valence-corrected chi connectivity index (χ0v) is 12.3. The van der Waals surface area contributed by atoms with Crippen molar-refractivity contribution in [2.24, 2.45) is 0 Å². The molecule has 0 aliphatic carbocycles. The van der Waals surface area contributed by atoms with Crippen molar-refractivity contribution in [3.05, 3.63) is 59.2 Å². The average Bonchev–Trinajstić information content (AvgIpc) is 2.51. The number of aromatic hydroxyl groups is 1. The lowest BCUT2D eigenvalue weighted by Crippen LogP contribution is -2.16. The first kappa shape index (κ1) is 14.9. The number of hydrogen-bond donors (Lipinski definition) is 1. The van der Waals surface area contributed by atoms with E-state index in [9.17, 15) is 9.90 Å². The van der Waals surface area contributed by atoms with Gasteiger partial charge in [-0.05, 0) is 30.7 Å². The van der Waals surface area contributed by atoms with Crippen LogP contribution in [0, 0.1) is 6.92 Å². The maximum absolute atomic E-state index is 12.2. The van der Waals surface area contributed by atoms with Crippen LogP contribution in [0.25, 0.3) is 0 Å². The Morgan fingerprint density at radius 2 is 1.90 bits per heavy atom. The van der Waals surface area contributed by atoms with Gasteiger partial charge in [-0.3, -0.25) is 4.79 Å². The minimum absolute atomic E-state index is 0.0684. The highest BCUT2D eigenvalue weighted by molar-refractivity contribution is 5.83. The molecule has 0 bridgehead atoms. The number of hydrogen-bond acceptors (Lipinski definition) is 4. The smallest absolute Gasteiger partial charge is 0.317 e. The number of phenols is 1. The van der Waals surface area contributed by atoms with Crippen LogP contribution < -0.4 is 4.74 Å². The van der Waals surface area contributed by atoms with Gasteiger partial charge in [0.1, 0.15) is 17.4 Å². The van der Waals surface area contributed by atoms with Crippen molar-refractivity contribution in [2.75, 3.05) is 14.2 Å². The molecule has 0 amide bonds. The Morgan fingerprint density at radius 3 is 2.57 bits per heavy atom. The van der Waals surface area contributed by atoms with E-state index >= 15 is 0 Å². The number of carbonyl (C=O) groups is 1. The quantitative estimate of drug-likeness (QED) is 0.878. The zero-order valence-electron chi connectivity index (χ0n) is 12.3. The molecule has 0 aliphatic rings. The Morgan fingerprint density at radius 1 is 1.14 bits per heavy atom. The lowest BCUT2D eigenvalue weighted by molar-refractivity contribution is -0.141. The number of esters is 1. The molecular formula is C17H18O4. The van der Waals surface area contributed by atoms with Gasteiger partial charge in [-0.25, -0.2) is 0 Å². The van der Waals surface area contributed by atoms with Gasteiger partial charge in [0.05, 0.1) is 14.2 Å². The molecular weight excluding hydrogens is 268 g/mol. The maximum Gasteiger partial charge on any atom is 0.317 e. The molecule has 1 N–H and O–H groups in total. The highest BCUT2D eigenvalue weighted by Gasteiger charge is 2.26. The molecule has 0 aromatic heterocycles. The normalized spacial score (nSPS) is 11.8. The molecule has 0 spiro atoms. The van der Waals surface area contributed by atoms with Crippen molar-refractivity contribution >= 4 is 5.97 Å². The van der Waals surface area contributed by atoms with Crippen LogP contribution in [0.2, 0.25) is 0 Å². The fourth-order valence-electron chi connectivity index (χ4n) is 2.29. The molecule has 0 heterocycles. The molecule has 0 fully saturated rings. The Bertz CT molecular complexity index is 649. The van der Waals surface area contributed by atoms with Gasteiger partial charge in [-0.15, -0.1) is 0 Å². The first-order chi connectivity index (χ1) is 10.1. The van der Waals surface area contributed by atoms with Gasteiger partial charge in [-0.2, -0.15) is 0 Å². The van der Waals surface area contributed by atoms with Crippen molar-refractivity contribution in [1.82, 2.24) is 0 Å². The minimum atomic E-state index is -0.690. The summed E-state index contributed by atoms with van der Waals surface area (Å²) in [7, 11) is 2.90. The third-order valence-electron chi connectivity index (χ3n) is 3.36. The summed E-state index contributed by atoms with van der Waals surface area (Å²) in [5, 5.41) is 10.1. The summed E-state index contributed by atoms with van der Waals surface area (Å²) in [6.45, 7) is 1.91. The van der Waals surface area contributed by atoms with Gasteiger partial charge in [0.2, 0.25) is 0 Å². The number of phenolic OH excluding ortho intramolecular Hbond substituents is 1. The second kappa shape index (κ2) is 6.31. The Hall–Kier alpha value is -2.49. The van der Waals surface area contributed by atoms with E-state index in [-0.39, 0.29) is 5.75 Å². The van der Waals surface area contributed by atoms with Crippen molar-refractivity contribution in [3.8, 4) is 11.5 Å². The molecule has 4 heteroatoms. The van der Waals surface area contributed by atoms with Crippen LogP contribution in [-0.4, -0.2) is 25.3 Å². The van der Waals surface area contributed by atoms with Gasteiger partial charge in [0, 0.05) is 5.56 Å². The second-order valence-electron chi connectivity index (χ2n) is 4.80. The summed E-state index contributed by atoms with van der Waals surface area (Å²) >= 11 is 0. The highest BCUT2D eigenvalue weighted by Crippen LogP contribution is 2.34. The number of rotatable bonds is 4. The predicted molar refractivity (Wildman–Crippen MR) is 79.7 cm³/mol. The molecule has 2 aromatic carbocycles. The molecule has 110 valence electrons. The summed E-state index contributed by atoms with van der Waals surface area (Å²) < 4.78 is 10.1. The molecule has 2 aromatic rings. The monoisotopic (exact) mass is 286 g/mol. The van der Waals surface area contributed by atoms with Crippen LogP contribution >= 0.6 is 0 Å². The second-order valence-corrected chi connectivity index (χ2v) is 4.80. The molecule has 0 aliphatic heterocycles. The minimum Gasteiger partial charge on any atom is -0.508 e. The standard InChI is InChI=1S/C17H18O4/c1-11-7-8-15(18)14(9-11)16(17(19)21-3)12-5-4-6-13(10-12)20-2/h4-10,16,18H,1-3H3. The summed E-state index contributed by atoms with van der Waals surface area (Å²) in [5.41, 5.74) is 2.19. The number of aryl methyl sites for hydroxylation is 1. The number of methoxy groups -OCH3 is 2. The summed E-state index contributed by atoms with van der Waals surface area (Å²) in [6, 6.07) is 12.3. The van der Waals surface area contributed by atoms with Crippen LogP contribution in [-0.2, 0) is 9.53 Å². The SMILES string of the molecule is COC(=O)C(c1cccc(OC)c1)c1cc(C)ccc1O. The number of ether oxygens (including phenoxy) is 2. The Balaban J connectivity index is 2.57. The van der Waals surface area contributed by atoms with Crippen LogP contribution in [0.15, 0.2) is 42.5 Å². The molecule has 0 saturated heterocycles. The molecule has 2 rings (SSSR count). The largest absolute Gasteiger partial charge is 0.508 e. The van der Waals surface area contributed by atoms with E-state index in [1.54, 1.807) is 43.5 Å². The van der Waals surface area contributed by atoms with Crippen molar-refractivity contribution in [3.63, 3.8) is 0 Å². The van der Waals surface area contributed by atoms with E-state index in [1.807, 2.05) is 13.0 Å². The molecule has 1 unspecified atom stereocenters. The Labute approximate surface area is 123 Å². The topological polar surface area (TPSA) is 55.8 Å². The third kappa shape index (κ3) is 3.16.